The van der Waals surface area contributed by atoms with Gasteiger partial charge >= 0.3 is 5.97 Å². The van der Waals surface area contributed by atoms with Gasteiger partial charge in [0.05, 0.1) is 72.6 Å². The minimum absolute atomic E-state index is 0.0583. The number of hydrogen-bond acceptors (Lipinski definition) is 22. The Kier molecular flexibility index (Phi) is 21.0. The van der Waals surface area contributed by atoms with Crippen molar-refractivity contribution in [3.05, 3.63) is 53.6 Å². The molecule has 4 aliphatic heterocycles. The van der Waals surface area contributed by atoms with Crippen molar-refractivity contribution in [3.63, 3.8) is 0 Å². The Morgan fingerprint density at radius 1 is 0.614 bits per heavy atom. The summed E-state index contributed by atoms with van der Waals surface area (Å²) >= 11 is 0. The zero-order chi connectivity index (χ0) is 63.4. The van der Waals surface area contributed by atoms with E-state index in [0.29, 0.717) is 57.8 Å². The lowest BCUT2D eigenvalue weighted by Gasteiger charge is -2.67. The number of aliphatic hydroxyl groups excluding tert-OH is 3. The summed E-state index contributed by atoms with van der Waals surface area (Å²) in [5.41, 5.74) is -6.32. The van der Waals surface area contributed by atoms with E-state index in [2.05, 4.69) is 6.92 Å². The summed E-state index contributed by atoms with van der Waals surface area (Å²) < 4.78 is 89.5. The predicted molar refractivity (Wildman–Crippen MR) is 315 cm³/mol. The molecule has 22 heteroatoms. The summed E-state index contributed by atoms with van der Waals surface area (Å²) in [6.07, 6.45) is -5.25. The maximum Gasteiger partial charge on any atom is 0.331 e. The van der Waals surface area contributed by atoms with Crippen molar-refractivity contribution in [2.75, 3.05) is 28.4 Å². The molecule has 4 saturated heterocycles. The molecule has 0 aromatic heterocycles. The summed E-state index contributed by atoms with van der Waals surface area (Å²) in [6, 6.07) is 9.29. The smallest absolute Gasteiger partial charge is 0.331 e. The molecule has 0 spiro atoms. The van der Waals surface area contributed by atoms with Crippen LogP contribution in [0.25, 0.3) is 6.08 Å². The number of benzene rings is 1. The summed E-state index contributed by atoms with van der Waals surface area (Å²) in [6.45, 7) is 14.5. The first-order valence-corrected chi connectivity index (χ1v) is 32.2. The van der Waals surface area contributed by atoms with Crippen LogP contribution >= 0.6 is 0 Å². The van der Waals surface area contributed by atoms with Crippen LogP contribution in [-0.2, 0) is 75.9 Å². The van der Waals surface area contributed by atoms with Gasteiger partial charge in [0.2, 0.25) is 0 Å². The Morgan fingerprint density at radius 3 is 1.58 bits per heavy atom. The number of fused-ring (bicyclic) bond motifs is 5. The Labute approximate surface area is 518 Å². The molecule has 0 radical (unpaired) electrons. The van der Waals surface area contributed by atoms with Crippen molar-refractivity contribution in [1.29, 1.82) is 0 Å². The zero-order valence-electron chi connectivity index (χ0n) is 53.4. The van der Waals surface area contributed by atoms with Crippen LogP contribution in [0.15, 0.2) is 48.1 Å². The lowest BCUT2D eigenvalue weighted by atomic mass is 9.42. The van der Waals surface area contributed by atoms with Gasteiger partial charge < -0.3 is 97.0 Å². The van der Waals surface area contributed by atoms with Crippen LogP contribution in [0.3, 0.4) is 0 Å². The van der Waals surface area contributed by atoms with Crippen LogP contribution in [-0.4, -0.2) is 223 Å². The van der Waals surface area contributed by atoms with Gasteiger partial charge in [0.15, 0.2) is 30.9 Å². The van der Waals surface area contributed by atoms with E-state index in [9.17, 15) is 40.2 Å². The fraction of sp³-hybridized carbons (Fsp3) is 0.818. The van der Waals surface area contributed by atoms with Crippen LogP contribution in [0.4, 0.5) is 0 Å². The molecule has 10 rings (SSSR count). The molecule has 1 aromatic carbocycles. The highest BCUT2D eigenvalue weighted by Gasteiger charge is 2.81. The topological polar surface area (TPSA) is 285 Å². The van der Waals surface area contributed by atoms with Crippen molar-refractivity contribution in [2.24, 2.45) is 22.7 Å². The molecule has 6 N–H and O–H groups in total. The van der Waals surface area contributed by atoms with Gasteiger partial charge in [-0.3, -0.25) is 4.79 Å². The quantitative estimate of drug-likeness (QED) is 0.0594. The number of carbonyl (C=O) groups is 2. The Balaban J connectivity index is 0.723. The lowest BCUT2D eigenvalue weighted by Crippen LogP contribution is -2.78. The molecule has 5 aliphatic carbocycles. The molecule has 1 aromatic rings. The second-order valence-electron chi connectivity index (χ2n) is 27.2. The normalized spacial score (nSPS) is 48.9. The van der Waals surface area contributed by atoms with Crippen molar-refractivity contribution in [2.45, 2.75) is 291 Å². The molecule has 496 valence electrons. The molecule has 9 aliphatic rings. The second kappa shape index (κ2) is 27.2. The summed E-state index contributed by atoms with van der Waals surface area (Å²) in [5, 5.41) is 70.2. The Hall–Kier alpha value is -2.92. The highest BCUT2D eigenvalue weighted by atomic mass is 16.8. The third-order valence-corrected chi connectivity index (χ3v) is 22.5. The molecular weight excluding hydrogens is 1140 g/mol. The van der Waals surface area contributed by atoms with Crippen LogP contribution in [0.5, 0.6) is 0 Å². The maximum absolute atomic E-state index is 13.7. The van der Waals surface area contributed by atoms with E-state index in [1.54, 1.807) is 41.4 Å². The highest BCUT2D eigenvalue weighted by molar-refractivity contribution is 5.88. The van der Waals surface area contributed by atoms with Gasteiger partial charge in [-0.05, 0) is 116 Å². The van der Waals surface area contributed by atoms with Crippen LogP contribution in [0, 0.1) is 22.7 Å². The fourth-order valence-corrected chi connectivity index (χ4v) is 17.2. The van der Waals surface area contributed by atoms with Gasteiger partial charge in [-0.2, -0.15) is 0 Å². The van der Waals surface area contributed by atoms with Gasteiger partial charge in [-0.25, -0.2) is 4.79 Å². The number of methoxy groups -OCH3 is 4. The number of esters is 1. The standard InChI is InChI=1S/C66H100O22/c1-13-40-27-43(56(70)57(71)55(40)69)84-58-34(2)80-52(30-44(58)75-9)86-60-36(4)82-54(32-46(60)77-11)88-61-37(5)81-53(31-47(61)78-12)87-59-35(3)79-51(29-45(59)76-10)83-42-22-23-62(7)41(28-42)21-24-65(73)48(62)33-49(85-50(68)20-19-39-17-15-14-16-18-39)63(8)64(72,38(6)67)25-26-66(63,65)74/h14-21,34-37,40,42-49,51-61,69-74H,13,22-33H2,1-12H3/b20-19+/t34-,35+,36+,37-,40-,42-,43+,44+,45-,46-,47-,48+,49+,51-,52-,53-,54-,55+,56-,57-,58-,59+,60+,61+,62-,63+,64+,65-,66+/m0/s1. The number of ketones is 1. The average Bonchev–Trinajstić information content (AvgIpc) is 1.35. The molecular formula is C66H100O22. The second-order valence-corrected chi connectivity index (χ2v) is 27.2. The van der Waals surface area contributed by atoms with Gasteiger partial charge in [-0.1, -0.05) is 62.2 Å². The third-order valence-electron chi connectivity index (χ3n) is 22.5. The first-order valence-electron chi connectivity index (χ1n) is 32.2. The van der Waals surface area contributed by atoms with E-state index in [-0.39, 0.29) is 37.7 Å². The Morgan fingerprint density at radius 2 is 1.10 bits per heavy atom. The average molecular weight is 1250 g/mol. The van der Waals surface area contributed by atoms with E-state index >= 15 is 0 Å². The number of ether oxygens (including phenoxy) is 14. The monoisotopic (exact) mass is 1240 g/mol. The maximum atomic E-state index is 13.7. The summed E-state index contributed by atoms with van der Waals surface area (Å²) in [7, 11) is 6.48. The van der Waals surface area contributed by atoms with Crippen molar-refractivity contribution in [1.82, 2.24) is 0 Å². The summed E-state index contributed by atoms with van der Waals surface area (Å²) in [5.74, 6) is -2.05. The Bertz CT molecular complexity index is 2590. The molecule has 0 unspecified atom stereocenters. The molecule has 88 heavy (non-hydrogen) atoms. The van der Waals surface area contributed by atoms with Gasteiger partial charge in [0.25, 0.3) is 0 Å². The van der Waals surface area contributed by atoms with E-state index < -0.39 is 174 Å². The van der Waals surface area contributed by atoms with Crippen LogP contribution in [0.1, 0.15) is 144 Å². The SMILES string of the molecule is CC[C@H]1C[C@@H](O[C@H]2[C@H](C)O[C@@H](O[C@H]3[C@@H](OC)C[C@H](O[C@@H]4[C@H](C)O[C@@H](O[C@H]5[C@@H](OC)C[C@H](O[C@H]6CC[C@@]7(C)C(=CC[C@]8(O)[C@@H]7C[C@@H](OC(=O)/C=C/c7ccccc7)[C@@]7(C)[C@]8(O)CC[C@@]7(O)C(C)=O)C6)O[C@@H]5C)C[C@@H]4OC)O[C@@H]3C)C[C@H]2OC)[C@H](O)[C@@H](O)[C@@H]1O. The first kappa shape index (κ1) is 68.0. The molecule has 8 fully saturated rings. The van der Waals surface area contributed by atoms with Crippen molar-refractivity contribution >= 4 is 17.8 Å². The zero-order valence-corrected chi connectivity index (χ0v) is 53.4. The molecule has 4 heterocycles. The number of rotatable bonds is 19. The minimum Gasteiger partial charge on any atom is -0.458 e. The lowest BCUT2D eigenvalue weighted by molar-refractivity contribution is -0.349. The van der Waals surface area contributed by atoms with Gasteiger partial charge in [0, 0.05) is 66.1 Å². The van der Waals surface area contributed by atoms with Gasteiger partial charge in [0.1, 0.15) is 59.5 Å². The molecule has 4 saturated carbocycles. The molecule has 22 nitrogen and oxygen atoms in total. The van der Waals surface area contributed by atoms with Gasteiger partial charge in [-0.15, -0.1) is 0 Å². The number of carbonyl (C=O) groups excluding carboxylic acids is 2. The van der Waals surface area contributed by atoms with E-state index in [1.807, 2.05) is 71.0 Å². The first-order chi connectivity index (χ1) is 41.8. The van der Waals surface area contributed by atoms with Crippen LogP contribution < -0.4 is 0 Å². The fourth-order valence-electron chi connectivity index (χ4n) is 17.2. The minimum atomic E-state index is -2.06. The van der Waals surface area contributed by atoms with E-state index in [4.69, 9.17) is 66.3 Å². The largest absolute Gasteiger partial charge is 0.458 e. The third kappa shape index (κ3) is 12.4. The highest BCUT2D eigenvalue weighted by Crippen LogP contribution is 2.71. The van der Waals surface area contributed by atoms with E-state index in [1.165, 1.54) is 13.0 Å². The van der Waals surface area contributed by atoms with Crippen molar-refractivity contribution in [3.8, 4) is 0 Å². The molecule has 29 atom stereocenters. The summed E-state index contributed by atoms with van der Waals surface area (Å²) in [4.78, 5) is 27.1. The number of aliphatic hydroxyl groups is 6. The molecule has 0 amide bonds. The number of hydrogen-bond donors (Lipinski definition) is 6. The molecule has 0 bridgehead atoms. The number of Topliss-reactive ketones (excluding diaryl/α,β-unsaturated/α-hetero) is 1. The predicted octanol–water partition coefficient (Wildman–Crippen LogP) is 5.14. The van der Waals surface area contributed by atoms with Crippen LogP contribution in [0.2, 0.25) is 0 Å². The van der Waals surface area contributed by atoms with Crippen molar-refractivity contribution < 1.29 is 107 Å². The van der Waals surface area contributed by atoms with E-state index in [0.717, 1.165) is 11.1 Å².